The zero-order valence-electron chi connectivity index (χ0n) is 10.1. The average molecular weight is 224 g/mol. The van der Waals surface area contributed by atoms with Crippen LogP contribution in [-0.4, -0.2) is 47.3 Å². The molecule has 0 aliphatic carbocycles. The summed E-state index contributed by atoms with van der Waals surface area (Å²) in [5.74, 6) is 1.48. The minimum Gasteiger partial charge on any atom is -0.340 e. The van der Waals surface area contributed by atoms with Crippen LogP contribution in [0.1, 0.15) is 25.1 Å². The third kappa shape index (κ3) is 2.80. The highest BCUT2D eigenvalue weighted by molar-refractivity contribution is 4.87. The van der Waals surface area contributed by atoms with E-state index in [1.165, 1.54) is 6.42 Å². The Hall–Kier alpha value is -0.940. The van der Waals surface area contributed by atoms with Crippen LogP contribution in [0.5, 0.6) is 0 Å². The molecule has 0 radical (unpaired) electrons. The molecule has 1 N–H and O–H groups in total. The maximum Gasteiger partial charge on any atom is 0.223 e. The summed E-state index contributed by atoms with van der Waals surface area (Å²) in [4.78, 5) is 6.74. The Kier molecular flexibility index (Phi) is 3.90. The van der Waals surface area contributed by atoms with Gasteiger partial charge in [0.25, 0.3) is 0 Å². The minimum absolute atomic E-state index is 0.654. The Morgan fingerprint density at radius 2 is 2.44 bits per heavy atom. The van der Waals surface area contributed by atoms with Gasteiger partial charge in [-0.3, -0.25) is 4.90 Å². The molecular weight excluding hydrogens is 204 g/mol. The van der Waals surface area contributed by atoms with Crippen molar-refractivity contribution in [1.29, 1.82) is 0 Å². The first kappa shape index (κ1) is 11.5. The SMILES string of the molecule is CCC1CNCCN1CCc1noc(C)n1. The molecule has 0 saturated carbocycles. The molecule has 0 bridgehead atoms. The topological polar surface area (TPSA) is 54.2 Å². The molecule has 16 heavy (non-hydrogen) atoms. The standard InChI is InChI=1S/C11H20N4O/c1-3-10-8-12-5-7-15(10)6-4-11-13-9(2)16-14-11/h10,12H,3-8H2,1-2H3. The predicted octanol–water partition coefficient (Wildman–Crippen LogP) is 0.604. The highest BCUT2D eigenvalue weighted by Crippen LogP contribution is 2.08. The number of hydrogen-bond acceptors (Lipinski definition) is 5. The summed E-state index contributed by atoms with van der Waals surface area (Å²) in [5.41, 5.74) is 0. The normalized spacial score (nSPS) is 22.5. The molecule has 5 nitrogen and oxygen atoms in total. The minimum atomic E-state index is 0.654. The van der Waals surface area contributed by atoms with E-state index in [2.05, 4.69) is 27.3 Å². The maximum atomic E-state index is 4.97. The lowest BCUT2D eigenvalue weighted by atomic mass is 10.1. The molecule has 0 amide bonds. The van der Waals surface area contributed by atoms with Crippen molar-refractivity contribution in [2.45, 2.75) is 32.7 Å². The van der Waals surface area contributed by atoms with Crippen molar-refractivity contribution < 1.29 is 4.52 Å². The Labute approximate surface area is 96.2 Å². The zero-order valence-corrected chi connectivity index (χ0v) is 10.1. The molecule has 1 aliphatic rings. The van der Waals surface area contributed by atoms with Gasteiger partial charge in [0.05, 0.1) is 0 Å². The largest absolute Gasteiger partial charge is 0.340 e. The summed E-state index contributed by atoms with van der Waals surface area (Å²) in [7, 11) is 0. The van der Waals surface area contributed by atoms with Crippen LogP contribution in [0, 0.1) is 6.92 Å². The summed E-state index contributed by atoms with van der Waals surface area (Å²) in [5, 5.41) is 7.35. The summed E-state index contributed by atoms with van der Waals surface area (Å²) >= 11 is 0. The fourth-order valence-electron chi connectivity index (χ4n) is 2.19. The molecule has 1 aromatic heterocycles. The van der Waals surface area contributed by atoms with Gasteiger partial charge in [-0.2, -0.15) is 4.98 Å². The Morgan fingerprint density at radius 1 is 1.56 bits per heavy atom. The first-order valence-electron chi connectivity index (χ1n) is 6.03. The Balaban J connectivity index is 1.84. The molecule has 1 atom stereocenters. The average Bonchev–Trinajstić information content (AvgIpc) is 2.73. The van der Waals surface area contributed by atoms with E-state index in [1.54, 1.807) is 0 Å². The van der Waals surface area contributed by atoms with Crippen LogP contribution in [0.15, 0.2) is 4.52 Å². The summed E-state index contributed by atoms with van der Waals surface area (Å²) in [6.07, 6.45) is 2.08. The smallest absolute Gasteiger partial charge is 0.223 e. The summed E-state index contributed by atoms with van der Waals surface area (Å²) in [6, 6.07) is 0.654. The van der Waals surface area contributed by atoms with E-state index >= 15 is 0 Å². The van der Waals surface area contributed by atoms with Crippen molar-refractivity contribution in [3.8, 4) is 0 Å². The number of nitrogens with zero attached hydrogens (tertiary/aromatic N) is 3. The van der Waals surface area contributed by atoms with E-state index < -0.39 is 0 Å². The molecule has 0 aromatic carbocycles. The van der Waals surface area contributed by atoms with Gasteiger partial charge in [-0.05, 0) is 6.42 Å². The van der Waals surface area contributed by atoms with E-state index in [0.717, 1.165) is 38.4 Å². The molecule has 1 aromatic rings. The highest BCUT2D eigenvalue weighted by atomic mass is 16.5. The fourth-order valence-corrected chi connectivity index (χ4v) is 2.19. The predicted molar refractivity (Wildman–Crippen MR) is 61.3 cm³/mol. The van der Waals surface area contributed by atoms with Crippen LogP contribution in [0.4, 0.5) is 0 Å². The van der Waals surface area contributed by atoms with Gasteiger partial charge in [0.15, 0.2) is 5.82 Å². The van der Waals surface area contributed by atoms with E-state index in [-0.39, 0.29) is 0 Å². The number of nitrogens with one attached hydrogen (secondary N) is 1. The summed E-state index contributed by atoms with van der Waals surface area (Å²) < 4.78 is 4.97. The van der Waals surface area contributed by atoms with Gasteiger partial charge in [0.1, 0.15) is 0 Å². The molecular formula is C11H20N4O. The molecule has 2 rings (SSSR count). The molecule has 90 valence electrons. The fraction of sp³-hybridized carbons (Fsp3) is 0.818. The monoisotopic (exact) mass is 224 g/mol. The van der Waals surface area contributed by atoms with E-state index in [9.17, 15) is 0 Å². The van der Waals surface area contributed by atoms with Crippen molar-refractivity contribution >= 4 is 0 Å². The molecule has 1 fully saturated rings. The zero-order chi connectivity index (χ0) is 11.4. The van der Waals surface area contributed by atoms with Gasteiger partial charge in [-0.1, -0.05) is 12.1 Å². The van der Waals surface area contributed by atoms with Crippen molar-refractivity contribution in [3.05, 3.63) is 11.7 Å². The van der Waals surface area contributed by atoms with Crippen molar-refractivity contribution in [3.63, 3.8) is 0 Å². The lowest BCUT2D eigenvalue weighted by Crippen LogP contribution is -2.51. The van der Waals surface area contributed by atoms with Gasteiger partial charge < -0.3 is 9.84 Å². The number of aryl methyl sites for hydroxylation is 1. The molecule has 2 heterocycles. The Bertz CT molecular complexity index is 326. The first-order chi connectivity index (χ1) is 7.79. The van der Waals surface area contributed by atoms with Crippen LogP contribution in [0.2, 0.25) is 0 Å². The third-order valence-corrected chi connectivity index (χ3v) is 3.14. The highest BCUT2D eigenvalue weighted by Gasteiger charge is 2.20. The van der Waals surface area contributed by atoms with Crippen molar-refractivity contribution in [2.24, 2.45) is 0 Å². The van der Waals surface area contributed by atoms with Gasteiger partial charge in [0.2, 0.25) is 5.89 Å². The maximum absolute atomic E-state index is 4.97. The van der Waals surface area contributed by atoms with Crippen molar-refractivity contribution in [2.75, 3.05) is 26.2 Å². The number of piperazine rings is 1. The first-order valence-corrected chi connectivity index (χ1v) is 6.03. The molecule has 5 heteroatoms. The van der Waals surface area contributed by atoms with Crippen LogP contribution in [0.3, 0.4) is 0 Å². The van der Waals surface area contributed by atoms with Gasteiger partial charge in [0, 0.05) is 45.6 Å². The quantitative estimate of drug-likeness (QED) is 0.812. The molecule has 1 saturated heterocycles. The third-order valence-electron chi connectivity index (χ3n) is 3.14. The Morgan fingerprint density at radius 3 is 3.12 bits per heavy atom. The molecule has 1 aliphatic heterocycles. The molecule has 0 spiro atoms. The van der Waals surface area contributed by atoms with Gasteiger partial charge >= 0.3 is 0 Å². The van der Waals surface area contributed by atoms with Crippen LogP contribution in [-0.2, 0) is 6.42 Å². The van der Waals surface area contributed by atoms with Crippen LogP contribution in [0.25, 0.3) is 0 Å². The van der Waals surface area contributed by atoms with E-state index in [0.29, 0.717) is 11.9 Å². The van der Waals surface area contributed by atoms with Crippen molar-refractivity contribution in [1.82, 2.24) is 20.4 Å². The molecule has 1 unspecified atom stereocenters. The van der Waals surface area contributed by atoms with E-state index in [1.807, 2.05) is 6.92 Å². The van der Waals surface area contributed by atoms with Gasteiger partial charge in [-0.15, -0.1) is 0 Å². The van der Waals surface area contributed by atoms with Gasteiger partial charge in [-0.25, -0.2) is 0 Å². The summed E-state index contributed by atoms with van der Waals surface area (Å²) in [6.45, 7) is 8.40. The second kappa shape index (κ2) is 5.41. The second-order valence-electron chi connectivity index (χ2n) is 4.28. The van der Waals surface area contributed by atoms with Crippen LogP contribution >= 0.6 is 0 Å². The second-order valence-corrected chi connectivity index (χ2v) is 4.28. The van der Waals surface area contributed by atoms with Crippen LogP contribution < -0.4 is 5.32 Å². The number of rotatable bonds is 4. The number of aromatic nitrogens is 2. The van der Waals surface area contributed by atoms with E-state index in [4.69, 9.17) is 4.52 Å². The lowest BCUT2D eigenvalue weighted by Gasteiger charge is -2.35. The lowest BCUT2D eigenvalue weighted by molar-refractivity contribution is 0.158. The number of hydrogen-bond donors (Lipinski definition) is 1.